The maximum absolute atomic E-state index is 14.6. The molecule has 1 aliphatic heterocycles. The van der Waals surface area contributed by atoms with Gasteiger partial charge in [-0.1, -0.05) is 18.2 Å². The number of hydrogen-bond acceptors (Lipinski definition) is 5. The van der Waals surface area contributed by atoms with Crippen LogP contribution in [0.3, 0.4) is 0 Å². The minimum absolute atomic E-state index is 0.0955. The average Bonchev–Trinajstić information content (AvgIpc) is 3.15. The summed E-state index contributed by atoms with van der Waals surface area (Å²) in [7, 11) is 1.81. The number of aromatic nitrogens is 4. The van der Waals surface area contributed by atoms with Gasteiger partial charge in [-0.2, -0.15) is 0 Å². The van der Waals surface area contributed by atoms with Crippen molar-refractivity contribution in [2.75, 3.05) is 13.1 Å². The van der Waals surface area contributed by atoms with E-state index in [9.17, 15) is 13.6 Å². The molecule has 0 bridgehead atoms. The lowest BCUT2D eigenvalue weighted by Crippen LogP contribution is -2.55. The fourth-order valence-corrected chi connectivity index (χ4v) is 3.81. The predicted octanol–water partition coefficient (Wildman–Crippen LogP) is 3.45. The lowest BCUT2D eigenvalue weighted by molar-refractivity contribution is -0.131. The molecule has 4 heterocycles. The zero-order chi connectivity index (χ0) is 21.6. The first-order valence-corrected chi connectivity index (χ1v) is 9.88. The van der Waals surface area contributed by atoms with Gasteiger partial charge in [-0.3, -0.25) is 4.79 Å². The van der Waals surface area contributed by atoms with E-state index in [1.165, 1.54) is 11.1 Å². The van der Waals surface area contributed by atoms with Gasteiger partial charge < -0.3 is 14.2 Å². The molecule has 5 rings (SSSR count). The van der Waals surface area contributed by atoms with Crippen molar-refractivity contribution in [3.05, 3.63) is 60.7 Å². The highest BCUT2D eigenvalue weighted by atomic mass is 19.3. The number of nitrogens with zero attached hydrogens (tertiary/aromatic N) is 5. The molecule has 1 aliphatic rings. The van der Waals surface area contributed by atoms with E-state index in [-0.39, 0.29) is 24.7 Å². The molecule has 0 spiro atoms. The normalized spacial score (nSPS) is 18.4. The van der Waals surface area contributed by atoms with E-state index < -0.39 is 24.4 Å². The van der Waals surface area contributed by atoms with Gasteiger partial charge >= 0.3 is 0 Å². The molecule has 1 amide bonds. The molecule has 3 aromatic heterocycles. The van der Waals surface area contributed by atoms with Crippen LogP contribution in [0.2, 0.25) is 0 Å². The van der Waals surface area contributed by atoms with Gasteiger partial charge in [-0.25, -0.2) is 23.7 Å². The van der Waals surface area contributed by atoms with Gasteiger partial charge in [0.05, 0.1) is 23.9 Å². The third-order valence-corrected chi connectivity index (χ3v) is 5.54. The molecule has 7 nitrogen and oxygen atoms in total. The Hall–Kier alpha value is -3.62. The van der Waals surface area contributed by atoms with Crippen LogP contribution in [-0.2, 0) is 7.05 Å². The summed E-state index contributed by atoms with van der Waals surface area (Å²) in [4.78, 5) is 27.2. The summed E-state index contributed by atoms with van der Waals surface area (Å²) < 4.78 is 36.6. The molecule has 158 valence electrons. The second-order valence-electron chi connectivity index (χ2n) is 7.59. The highest BCUT2D eigenvalue weighted by Crippen LogP contribution is 2.32. The third-order valence-electron chi connectivity index (χ3n) is 5.54. The van der Waals surface area contributed by atoms with E-state index >= 15 is 0 Å². The zero-order valence-corrected chi connectivity index (χ0v) is 16.7. The summed E-state index contributed by atoms with van der Waals surface area (Å²) >= 11 is 0. The molecule has 1 saturated heterocycles. The van der Waals surface area contributed by atoms with E-state index in [2.05, 4.69) is 15.0 Å². The Labute approximate surface area is 176 Å². The lowest BCUT2D eigenvalue weighted by atomic mass is 10.0. The number of benzene rings is 1. The van der Waals surface area contributed by atoms with Crippen LogP contribution in [0.5, 0.6) is 5.88 Å². The number of aryl methyl sites for hydroxylation is 1. The number of alkyl halides is 2. The molecular formula is C22H19F2N5O2. The Kier molecular flexibility index (Phi) is 4.53. The van der Waals surface area contributed by atoms with E-state index in [0.29, 0.717) is 11.0 Å². The van der Waals surface area contributed by atoms with Gasteiger partial charge in [0.15, 0.2) is 11.8 Å². The first kappa shape index (κ1) is 19.3. The van der Waals surface area contributed by atoms with Gasteiger partial charge in [0.25, 0.3) is 11.8 Å². The summed E-state index contributed by atoms with van der Waals surface area (Å²) in [5, 5.41) is 0.886. The highest BCUT2D eigenvalue weighted by Gasteiger charge is 2.47. The summed E-state index contributed by atoms with van der Waals surface area (Å²) in [5.41, 5.74) is 1.99. The Morgan fingerprint density at radius 1 is 1.16 bits per heavy atom. The quantitative estimate of drug-likeness (QED) is 0.505. The summed E-state index contributed by atoms with van der Waals surface area (Å²) in [5.74, 6) is -3.43. The largest absolute Gasteiger partial charge is 0.466 e. The Bertz CT molecular complexity index is 1290. The Balaban J connectivity index is 1.41. The van der Waals surface area contributed by atoms with E-state index in [4.69, 9.17) is 4.74 Å². The number of halogens is 2. The first-order valence-electron chi connectivity index (χ1n) is 9.88. The fraction of sp³-hybridized carbons (Fsp3) is 0.273. The van der Waals surface area contributed by atoms with Crippen LogP contribution in [0, 0.1) is 0 Å². The number of piperidine rings is 1. The van der Waals surface area contributed by atoms with Gasteiger partial charge in [-0.05, 0) is 18.2 Å². The molecule has 1 fully saturated rings. The Morgan fingerprint density at radius 3 is 2.87 bits per heavy atom. The number of imidazole rings is 1. The topological polar surface area (TPSA) is 73.1 Å². The number of fused-ring (bicyclic) bond motifs is 2. The van der Waals surface area contributed by atoms with Crippen molar-refractivity contribution in [1.29, 1.82) is 0 Å². The molecule has 31 heavy (non-hydrogen) atoms. The molecule has 1 aromatic carbocycles. The maximum Gasteiger partial charge on any atom is 0.287 e. The molecular weight excluding hydrogens is 404 g/mol. The molecule has 0 radical (unpaired) electrons. The summed E-state index contributed by atoms with van der Waals surface area (Å²) in [6.07, 6.45) is 1.09. The summed E-state index contributed by atoms with van der Waals surface area (Å²) in [6.45, 7) is -0.368. The standard InChI is InChI=1S/C22H19F2N5O2/c1-28-13-26-19-16(28)8-10-25-20(19)21(30)29-11-9-22(23,24)17(12-29)31-18-7-6-14-4-2-3-5-15(14)27-18/h2-8,10,13,17H,9,11-12H2,1H3/t17-/m0/s1. The van der Waals surface area contributed by atoms with Crippen molar-refractivity contribution in [3.63, 3.8) is 0 Å². The van der Waals surface area contributed by atoms with Crippen molar-refractivity contribution in [3.8, 4) is 5.88 Å². The van der Waals surface area contributed by atoms with Crippen LogP contribution >= 0.6 is 0 Å². The van der Waals surface area contributed by atoms with Crippen LogP contribution in [0.1, 0.15) is 16.9 Å². The molecule has 0 unspecified atom stereocenters. The van der Waals surface area contributed by atoms with Crippen LogP contribution in [-0.4, -0.2) is 55.4 Å². The number of hydrogen-bond donors (Lipinski definition) is 0. The monoisotopic (exact) mass is 423 g/mol. The SMILES string of the molecule is Cn1cnc2c(C(=O)N3CCC(F)(F)[C@@H](Oc4ccc5ccccc5n4)C3)nccc21. The van der Waals surface area contributed by atoms with Gasteiger partial charge in [-0.15, -0.1) is 0 Å². The number of rotatable bonds is 3. The predicted molar refractivity (Wildman–Crippen MR) is 110 cm³/mol. The molecule has 0 aliphatic carbocycles. The number of likely N-dealkylation sites (tertiary alicyclic amines) is 1. The van der Waals surface area contributed by atoms with Crippen molar-refractivity contribution in [2.24, 2.45) is 7.05 Å². The zero-order valence-electron chi connectivity index (χ0n) is 16.7. The molecule has 1 atom stereocenters. The van der Waals surface area contributed by atoms with Crippen LogP contribution < -0.4 is 4.74 Å². The highest BCUT2D eigenvalue weighted by molar-refractivity contribution is 6.03. The van der Waals surface area contributed by atoms with Gasteiger partial charge in [0.1, 0.15) is 5.52 Å². The maximum atomic E-state index is 14.6. The first-order chi connectivity index (χ1) is 14.9. The van der Waals surface area contributed by atoms with Crippen molar-refractivity contribution < 1.29 is 18.3 Å². The number of amides is 1. The minimum Gasteiger partial charge on any atom is -0.466 e. The van der Waals surface area contributed by atoms with Crippen LogP contribution in [0.4, 0.5) is 8.78 Å². The Morgan fingerprint density at radius 2 is 2.00 bits per heavy atom. The van der Waals surface area contributed by atoms with Gasteiger partial charge in [0.2, 0.25) is 5.88 Å². The van der Waals surface area contributed by atoms with Gasteiger partial charge in [0, 0.05) is 37.7 Å². The number of carbonyl (C=O) groups excluding carboxylic acids is 1. The summed E-state index contributed by atoms with van der Waals surface area (Å²) in [6, 6.07) is 12.5. The lowest BCUT2D eigenvalue weighted by Gasteiger charge is -2.37. The molecule has 0 N–H and O–H groups in total. The number of para-hydroxylation sites is 1. The number of ether oxygens (including phenoxy) is 1. The number of pyridine rings is 2. The van der Waals surface area contributed by atoms with Crippen molar-refractivity contribution >= 4 is 27.8 Å². The average molecular weight is 423 g/mol. The molecule has 4 aromatic rings. The van der Waals surface area contributed by atoms with Crippen LogP contribution in [0.15, 0.2) is 55.0 Å². The van der Waals surface area contributed by atoms with E-state index in [1.54, 1.807) is 35.2 Å². The number of carbonyl (C=O) groups is 1. The molecule has 0 saturated carbocycles. The smallest absolute Gasteiger partial charge is 0.287 e. The minimum atomic E-state index is -3.09. The second-order valence-corrected chi connectivity index (χ2v) is 7.59. The molecule has 9 heteroatoms. The third kappa shape index (κ3) is 3.45. The van der Waals surface area contributed by atoms with Crippen LogP contribution in [0.25, 0.3) is 21.9 Å². The van der Waals surface area contributed by atoms with Crippen molar-refractivity contribution in [1.82, 2.24) is 24.4 Å². The van der Waals surface area contributed by atoms with E-state index in [0.717, 1.165) is 10.9 Å². The van der Waals surface area contributed by atoms with E-state index in [1.807, 2.05) is 25.2 Å². The second kappa shape index (κ2) is 7.26. The fourth-order valence-electron chi connectivity index (χ4n) is 3.81. The van der Waals surface area contributed by atoms with Crippen molar-refractivity contribution in [2.45, 2.75) is 18.4 Å².